The van der Waals surface area contributed by atoms with Gasteiger partial charge in [0, 0.05) is 10.9 Å². The van der Waals surface area contributed by atoms with Crippen LogP contribution in [0.25, 0.3) is 0 Å². The number of carbonyl (C=O) groups is 1. The normalized spacial score (nSPS) is 10.6. The van der Waals surface area contributed by atoms with Gasteiger partial charge >= 0.3 is 0 Å². The van der Waals surface area contributed by atoms with Gasteiger partial charge in [-0.1, -0.05) is 0 Å². The molecule has 1 aromatic heterocycles. The summed E-state index contributed by atoms with van der Waals surface area (Å²) in [6.45, 7) is 0. The molecule has 2 aromatic rings. The molecule has 0 saturated carbocycles. The highest BCUT2D eigenvalue weighted by molar-refractivity contribution is 14.1. The van der Waals surface area contributed by atoms with Crippen molar-refractivity contribution in [1.29, 1.82) is 0 Å². The first-order valence-corrected chi connectivity index (χ1v) is 7.17. The highest BCUT2D eigenvalue weighted by Gasteiger charge is 2.17. The first-order chi connectivity index (χ1) is 7.99. The van der Waals surface area contributed by atoms with Crippen LogP contribution in [0.4, 0.5) is 8.78 Å². The lowest BCUT2D eigenvalue weighted by molar-refractivity contribution is 0.103. The number of thiophene rings is 1. The zero-order valence-corrected chi connectivity index (χ0v) is 12.7. The second kappa shape index (κ2) is 5.11. The van der Waals surface area contributed by atoms with E-state index in [1.54, 1.807) is 11.4 Å². The van der Waals surface area contributed by atoms with E-state index in [-0.39, 0.29) is 10.0 Å². The number of hydrogen-bond donors (Lipinski definition) is 0. The molecule has 0 N–H and O–H groups in total. The zero-order chi connectivity index (χ0) is 12.6. The predicted molar refractivity (Wildman–Crippen MR) is 74.5 cm³/mol. The molecule has 0 unspecified atom stereocenters. The van der Waals surface area contributed by atoms with E-state index in [9.17, 15) is 13.6 Å². The van der Waals surface area contributed by atoms with Gasteiger partial charge in [0.1, 0.15) is 11.6 Å². The van der Waals surface area contributed by atoms with Crippen molar-refractivity contribution >= 4 is 55.6 Å². The fraction of sp³-hybridized carbons (Fsp3) is 0. The Bertz CT molecular complexity index is 597. The third-order valence-corrected chi connectivity index (χ3v) is 4.48. The maximum Gasteiger partial charge on any atom is 0.196 e. The molecule has 0 spiro atoms. The van der Waals surface area contributed by atoms with Crippen LogP contribution in [0.3, 0.4) is 0 Å². The molecule has 0 atom stereocenters. The SMILES string of the molecule is O=C(c1csc(I)c1)c1cc(F)c(Br)cc1F. The number of carbonyl (C=O) groups excluding carboxylic acids is 1. The number of rotatable bonds is 2. The number of benzene rings is 1. The van der Waals surface area contributed by atoms with Gasteiger partial charge in [0.25, 0.3) is 0 Å². The highest BCUT2D eigenvalue weighted by atomic mass is 127. The van der Waals surface area contributed by atoms with Crippen LogP contribution in [0.5, 0.6) is 0 Å². The van der Waals surface area contributed by atoms with E-state index in [0.717, 1.165) is 15.0 Å². The number of hydrogen-bond acceptors (Lipinski definition) is 2. The molecule has 0 bridgehead atoms. The van der Waals surface area contributed by atoms with Crippen molar-refractivity contribution in [2.45, 2.75) is 0 Å². The minimum absolute atomic E-state index is 0.00597. The van der Waals surface area contributed by atoms with Gasteiger partial charge in [-0.25, -0.2) is 8.78 Å². The predicted octanol–water partition coefficient (Wildman–Crippen LogP) is 4.62. The molecule has 0 fully saturated rings. The molecule has 1 nitrogen and oxygen atoms in total. The van der Waals surface area contributed by atoms with Gasteiger partial charge in [-0.05, 0) is 56.7 Å². The smallest absolute Gasteiger partial charge is 0.196 e. The first-order valence-electron chi connectivity index (χ1n) is 4.42. The second-order valence-corrected chi connectivity index (χ2v) is 6.87. The van der Waals surface area contributed by atoms with Crippen molar-refractivity contribution < 1.29 is 13.6 Å². The zero-order valence-electron chi connectivity index (χ0n) is 8.14. The van der Waals surface area contributed by atoms with Crippen molar-refractivity contribution in [2.24, 2.45) is 0 Å². The molecule has 0 saturated heterocycles. The Kier molecular flexibility index (Phi) is 3.94. The second-order valence-electron chi connectivity index (χ2n) is 3.21. The molecule has 0 amide bonds. The largest absolute Gasteiger partial charge is 0.288 e. The topological polar surface area (TPSA) is 17.1 Å². The fourth-order valence-electron chi connectivity index (χ4n) is 1.28. The summed E-state index contributed by atoms with van der Waals surface area (Å²) in [5, 5.41) is 1.63. The van der Waals surface area contributed by atoms with Crippen molar-refractivity contribution in [3.8, 4) is 0 Å². The molecule has 0 aliphatic heterocycles. The van der Waals surface area contributed by atoms with Gasteiger partial charge < -0.3 is 0 Å². The summed E-state index contributed by atoms with van der Waals surface area (Å²) in [4.78, 5) is 11.9. The summed E-state index contributed by atoms with van der Waals surface area (Å²) in [6, 6.07) is 3.51. The van der Waals surface area contributed by atoms with Crippen LogP contribution in [-0.4, -0.2) is 5.78 Å². The Morgan fingerprint density at radius 2 is 1.94 bits per heavy atom. The van der Waals surface area contributed by atoms with Gasteiger partial charge in [-0.15, -0.1) is 11.3 Å². The van der Waals surface area contributed by atoms with Crippen LogP contribution in [-0.2, 0) is 0 Å². The lowest BCUT2D eigenvalue weighted by atomic mass is 10.1. The third kappa shape index (κ3) is 2.74. The van der Waals surface area contributed by atoms with E-state index in [0.29, 0.717) is 5.56 Å². The van der Waals surface area contributed by atoms with Gasteiger partial charge in [0.05, 0.1) is 12.9 Å². The molecular formula is C11H4BrF2IOS. The van der Waals surface area contributed by atoms with Crippen LogP contribution in [0.15, 0.2) is 28.1 Å². The van der Waals surface area contributed by atoms with E-state index in [1.807, 2.05) is 0 Å². The van der Waals surface area contributed by atoms with E-state index in [1.165, 1.54) is 11.3 Å². The van der Waals surface area contributed by atoms with Gasteiger partial charge in [0.15, 0.2) is 5.78 Å². The van der Waals surface area contributed by atoms with Gasteiger partial charge in [-0.2, -0.15) is 0 Å². The van der Waals surface area contributed by atoms with Gasteiger partial charge in [0.2, 0.25) is 0 Å². The monoisotopic (exact) mass is 428 g/mol. The summed E-state index contributed by atoms with van der Waals surface area (Å²) < 4.78 is 27.8. The quantitative estimate of drug-likeness (QED) is 0.387. The summed E-state index contributed by atoms with van der Waals surface area (Å²) in [5.41, 5.74) is 0.125. The van der Waals surface area contributed by atoms with Crippen LogP contribution in [0.2, 0.25) is 0 Å². The average molecular weight is 429 g/mol. The van der Waals surface area contributed by atoms with Crippen molar-refractivity contribution in [2.75, 3.05) is 0 Å². The average Bonchev–Trinajstić information content (AvgIpc) is 2.69. The molecule has 2 rings (SSSR count). The molecule has 88 valence electrons. The minimum atomic E-state index is -0.732. The fourth-order valence-corrected chi connectivity index (χ4v) is 2.92. The van der Waals surface area contributed by atoms with E-state index in [2.05, 4.69) is 38.5 Å². The molecular weight excluding hydrogens is 425 g/mol. The standard InChI is InChI=1S/C11H4BrF2IOS/c12-7-3-8(13)6(2-9(7)14)11(16)5-1-10(15)17-4-5/h1-4H. The Balaban J connectivity index is 2.47. The lowest BCUT2D eigenvalue weighted by Gasteiger charge is -2.02. The molecule has 1 heterocycles. The van der Waals surface area contributed by atoms with E-state index >= 15 is 0 Å². The molecule has 0 aliphatic rings. The highest BCUT2D eigenvalue weighted by Crippen LogP contribution is 2.24. The molecule has 1 aromatic carbocycles. The van der Waals surface area contributed by atoms with Crippen LogP contribution < -0.4 is 0 Å². The Labute approximate surface area is 122 Å². The lowest BCUT2D eigenvalue weighted by Crippen LogP contribution is -2.04. The Morgan fingerprint density at radius 1 is 1.24 bits per heavy atom. The Morgan fingerprint density at radius 3 is 2.53 bits per heavy atom. The third-order valence-electron chi connectivity index (χ3n) is 2.08. The van der Waals surface area contributed by atoms with Crippen LogP contribution >= 0.6 is 49.9 Å². The molecule has 0 radical (unpaired) electrons. The van der Waals surface area contributed by atoms with E-state index in [4.69, 9.17) is 0 Å². The molecule has 0 aliphatic carbocycles. The number of ketones is 1. The molecule has 17 heavy (non-hydrogen) atoms. The van der Waals surface area contributed by atoms with Crippen molar-refractivity contribution in [1.82, 2.24) is 0 Å². The van der Waals surface area contributed by atoms with Crippen LogP contribution in [0, 0.1) is 14.5 Å². The summed E-state index contributed by atoms with van der Waals surface area (Å²) in [5.74, 6) is -1.89. The maximum atomic E-state index is 13.6. The summed E-state index contributed by atoms with van der Waals surface area (Å²) in [7, 11) is 0. The first kappa shape index (κ1) is 13.1. The van der Waals surface area contributed by atoms with E-state index < -0.39 is 17.4 Å². The maximum absolute atomic E-state index is 13.6. The summed E-state index contributed by atoms with van der Waals surface area (Å²) in [6.07, 6.45) is 0. The van der Waals surface area contributed by atoms with Gasteiger partial charge in [-0.3, -0.25) is 4.79 Å². The van der Waals surface area contributed by atoms with Crippen molar-refractivity contribution in [3.05, 3.63) is 53.7 Å². The Hall–Kier alpha value is -0.340. The summed E-state index contributed by atoms with van der Waals surface area (Å²) >= 11 is 6.31. The number of halogens is 4. The molecule has 6 heteroatoms. The minimum Gasteiger partial charge on any atom is -0.288 e. The van der Waals surface area contributed by atoms with Crippen molar-refractivity contribution in [3.63, 3.8) is 0 Å². The van der Waals surface area contributed by atoms with Crippen LogP contribution in [0.1, 0.15) is 15.9 Å².